The lowest BCUT2D eigenvalue weighted by atomic mass is 10.2. The maximum atomic E-state index is 12.9. The molecule has 88 valence electrons. The van der Waals surface area contributed by atoms with Gasteiger partial charge in [0.15, 0.2) is 0 Å². The molecule has 16 heavy (non-hydrogen) atoms. The Kier molecular flexibility index (Phi) is 4.85. The van der Waals surface area contributed by atoms with Crippen molar-refractivity contribution >= 4 is 21.8 Å². The van der Waals surface area contributed by atoms with Crippen LogP contribution in [-0.4, -0.2) is 23.7 Å². The Balaban J connectivity index is 2.48. The lowest BCUT2D eigenvalue weighted by molar-refractivity contribution is -0.125. The van der Waals surface area contributed by atoms with Gasteiger partial charge in [-0.15, -0.1) is 0 Å². The molecule has 4 nitrogen and oxygen atoms in total. The second-order valence-corrected chi connectivity index (χ2v) is 4.14. The van der Waals surface area contributed by atoms with Crippen molar-refractivity contribution < 1.29 is 14.3 Å². The van der Waals surface area contributed by atoms with Crippen LogP contribution in [0.4, 0.5) is 4.39 Å². The van der Waals surface area contributed by atoms with Crippen LogP contribution >= 0.6 is 15.9 Å². The number of nitrogens with two attached hydrogens (primary N) is 1. The number of benzene rings is 1. The first-order valence-electron chi connectivity index (χ1n) is 4.62. The summed E-state index contributed by atoms with van der Waals surface area (Å²) >= 11 is 3.27. The van der Waals surface area contributed by atoms with Crippen molar-refractivity contribution in [2.75, 3.05) is 6.54 Å². The minimum absolute atomic E-state index is 0.0400. The molecular weight excluding hydrogens is 279 g/mol. The van der Waals surface area contributed by atoms with E-state index in [-0.39, 0.29) is 12.4 Å². The Morgan fingerprint density at radius 1 is 1.62 bits per heavy atom. The molecule has 1 unspecified atom stereocenters. The third-order valence-electron chi connectivity index (χ3n) is 1.99. The van der Waals surface area contributed by atoms with E-state index in [2.05, 4.69) is 21.2 Å². The van der Waals surface area contributed by atoms with E-state index in [4.69, 9.17) is 10.8 Å². The highest BCUT2D eigenvalue weighted by molar-refractivity contribution is 9.10. The Labute approximate surface area is 101 Å². The summed E-state index contributed by atoms with van der Waals surface area (Å²) < 4.78 is 13.6. The topological polar surface area (TPSA) is 75.4 Å². The number of carbonyl (C=O) groups is 1. The molecule has 0 aliphatic carbocycles. The number of aliphatic hydroxyl groups excluding tert-OH is 1. The van der Waals surface area contributed by atoms with Gasteiger partial charge in [0.2, 0.25) is 5.91 Å². The molecule has 0 aliphatic rings. The number of aliphatic hydroxyl groups is 1. The van der Waals surface area contributed by atoms with Crippen LogP contribution in [-0.2, 0) is 11.3 Å². The van der Waals surface area contributed by atoms with Gasteiger partial charge < -0.3 is 16.2 Å². The van der Waals surface area contributed by atoms with E-state index in [0.29, 0.717) is 12.1 Å². The molecule has 1 rings (SSSR count). The van der Waals surface area contributed by atoms with Gasteiger partial charge >= 0.3 is 0 Å². The van der Waals surface area contributed by atoms with Crippen LogP contribution < -0.4 is 11.1 Å². The van der Waals surface area contributed by atoms with Crippen LogP contribution in [0.1, 0.15) is 5.56 Å². The van der Waals surface area contributed by atoms with E-state index in [1.54, 1.807) is 6.07 Å². The SMILES string of the molecule is NC(=O)C(O)CNCc1cc(F)ccc1Br. The first kappa shape index (κ1) is 13.1. The molecular formula is C10H12BrFN2O2. The summed E-state index contributed by atoms with van der Waals surface area (Å²) in [5.41, 5.74) is 5.58. The standard InChI is InChI=1S/C10H12BrFN2O2/c11-8-2-1-7(12)3-6(8)4-14-5-9(15)10(13)16/h1-3,9,14-15H,4-5H2,(H2,13,16). The summed E-state index contributed by atoms with van der Waals surface area (Å²) in [6, 6.07) is 4.30. The number of halogens is 2. The van der Waals surface area contributed by atoms with Crippen LogP contribution in [0.15, 0.2) is 22.7 Å². The molecule has 6 heteroatoms. The monoisotopic (exact) mass is 290 g/mol. The molecule has 1 amide bonds. The maximum Gasteiger partial charge on any atom is 0.247 e. The van der Waals surface area contributed by atoms with Crippen molar-refractivity contribution in [2.24, 2.45) is 5.73 Å². The minimum atomic E-state index is -1.23. The van der Waals surface area contributed by atoms with Crippen LogP contribution in [0.2, 0.25) is 0 Å². The first-order valence-corrected chi connectivity index (χ1v) is 5.42. The molecule has 0 saturated heterocycles. The van der Waals surface area contributed by atoms with Gasteiger partial charge in [-0.05, 0) is 23.8 Å². The zero-order valence-corrected chi connectivity index (χ0v) is 10.00. The largest absolute Gasteiger partial charge is 0.382 e. The van der Waals surface area contributed by atoms with Crippen LogP contribution in [0, 0.1) is 5.82 Å². The molecule has 1 atom stereocenters. The predicted octanol–water partition coefficient (Wildman–Crippen LogP) is 0.524. The van der Waals surface area contributed by atoms with Crippen molar-refractivity contribution in [1.29, 1.82) is 0 Å². The number of hydrogen-bond donors (Lipinski definition) is 3. The molecule has 0 bridgehead atoms. The number of primary amides is 1. The summed E-state index contributed by atoms with van der Waals surface area (Å²) in [5, 5.41) is 11.9. The Morgan fingerprint density at radius 3 is 2.94 bits per heavy atom. The number of rotatable bonds is 5. The van der Waals surface area contributed by atoms with E-state index in [1.807, 2.05) is 0 Å². The fourth-order valence-electron chi connectivity index (χ4n) is 1.12. The highest BCUT2D eigenvalue weighted by Gasteiger charge is 2.10. The smallest absolute Gasteiger partial charge is 0.247 e. The molecule has 0 saturated carbocycles. The summed E-state index contributed by atoms with van der Waals surface area (Å²) in [6.45, 7) is 0.376. The summed E-state index contributed by atoms with van der Waals surface area (Å²) in [5.74, 6) is -1.12. The zero-order valence-electron chi connectivity index (χ0n) is 8.41. The fourth-order valence-corrected chi connectivity index (χ4v) is 1.51. The zero-order chi connectivity index (χ0) is 12.1. The van der Waals surface area contributed by atoms with E-state index < -0.39 is 12.0 Å². The van der Waals surface area contributed by atoms with Gasteiger partial charge in [0.1, 0.15) is 11.9 Å². The van der Waals surface area contributed by atoms with Gasteiger partial charge in [0.25, 0.3) is 0 Å². The number of hydrogen-bond acceptors (Lipinski definition) is 3. The third kappa shape index (κ3) is 3.88. The lowest BCUT2D eigenvalue weighted by Crippen LogP contribution is -2.37. The highest BCUT2D eigenvalue weighted by Crippen LogP contribution is 2.17. The normalized spacial score (nSPS) is 12.4. The van der Waals surface area contributed by atoms with Crippen molar-refractivity contribution in [2.45, 2.75) is 12.6 Å². The van der Waals surface area contributed by atoms with Crippen molar-refractivity contribution in [3.05, 3.63) is 34.1 Å². The van der Waals surface area contributed by atoms with Crippen molar-refractivity contribution in [3.63, 3.8) is 0 Å². The van der Waals surface area contributed by atoms with Gasteiger partial charge in [0.05, 0.1) is 0 Å². The van der Waals surface area contributed by atoms with Gasteiger partial charge in [-0.3, -0.25) is 4.79 Å². The van der Waals surface area contributed by atoms with Gasteiger partial charge in [0, 0.05) is 17.6 Å². The molecule has 0 radical (unpaired) electrons. The Morgan fingerprint density at radius 2 is 2.31 bits per heavy atom. The fraction of sp³-hybridized carbons (Fsp3) is 0.300. The summed E-state index contributed by atoms with van der Waals surface area (Å²) in [6.07, 6.45) is -1.23. The number of amides is 1. The molecule has 4 N–H and O–H groups in total. The molecule has 1 aromatic carbocycles. The molecule has 0 aromatic heterocycles. The van der Waals surface area contributed by atoms with Crippen LogP contribution in [0.25, 0.3) is 0 Å². The Hall–Kier alpha value is -0.980. The van der Waals surface area contributed by atoms with Gasteiger partial charge in [-0.2, -0.15) is 0 Å². The van der Waals surface area contributed by atoms with E-state index >= 15 is 0 Å². The molecule has 0 spiro atoms. The third-order valence-corrected chi connectivity index (χ3v) is 2.76. The maximum absolute atomic E-state index is 12.9. The summed E-state index contributed by atoms with van der Waals surface area (Å²) in [4.78, 5) is 10.5. The Bertz CT molecular complexity index is 387. The minimum Gasteiger partial charge on any atom is -0.382 e. The highest BCUT2D eigenvalue weighted by atomic mass is 79.9. The van der Waals surface area contributed by atoms with Crippen LogP contribution in [0.5, 0.6) is 0 Å². The predicted molar refractivity (Wildman–Crippen MR) is 61.0 cm³/mol. The van der Waals surface area contributed by atoms with Gasteiger partial charge in [-0.25, -0.2) is 4.39 Å². The summed E-state index contributed by atoms with van der Waals surface area (Å²) in [7, 11) is 0. The van der Waals surface area contributed by atoms with Gasteiger partial charge in [-0.1, -0.05) is 15.9 Å². The first-order chi connectivity index (χ1) is 7.50. The van der Waals surface area contributed by atoms with Crippen molar-refractivity contribution in [3.8, 4) is 0 Å². The number of nitrogens with one attached hydrogen (secondary N) is 1. The van der Waals surface area contributed by atoms with E-state index in [9.17, 15) is 9.18 Å². The molecule has 1 aromatic rings. The second kappa shape index (κ2) is 5.93. The average Bonchev–Trinajstić information content (AvgIpc) is 2.22. The van der Waals surface area contributed by atoms with E-state index in [1.165, 1.54) is 12.1 Å². The second-order valence-electron chi connectivity index (χ2n) is 3.28. The van der Waals surface area contributed by atoms with Crippen LogP contribution in [0.3, 0.4) is 0 Å². The van der Waals surface area contributed by atoms with Crippen molar-refractivity contribution in [1.82, 2.24) is 5.32 Å². The number of carbonyl (C=O) groups excluding carboxylic acids is 1. The van der Waals surface area contributed by atoms with E-state index in [0.717, 1.165) is 4.47 Å². The molecule has 0 aliphatic heterocycles. The lowest BCUT2D eigenvalue weighted by Gasteiger charge is -2.09. The quantitative estimate of drug-likeness (QED) is 0.740. The average molecular weight is 291 g/mol. The molecule has 0 fully saturated rings. The molecule has 0 heterocycles.